The van der Waals surface area contributed by atoms with E-state index in [9.17, 15) is 8.78 Å². The van der Waals surface area contributed by atoms with Gasteiger partial charge in [-0.3, -0.25) is 0 Å². The van der Waals surface area contributed by atoms with E-state index in [2.05, 4.69) is 15.5 Å². The maximum Gasteiger partial charge on any atom is 0.228 e. The van der Waals surface area contributed by atoms with Gasteiger partial charge in [-0.2, -0.15) is 4.98 Å². The van der Waals surface area contributed by atoms with Gasteiger partial charge in [0.25, 0.3) is 0 Å². The van der Waals surface area contributed by atoms with Crippen LogP contribution < -0.4 is 5.32 Å². The average Bonchev–Trinajstić information content (AvgIpc) is 2.82. The minimum atomic E-state index is -0.925. The SMILES string of the molecule is CCNCCc1nc(-c2ccc(F)c(F)c2)no1. The van der Waals surface area contributed by atoms with Crippen LogP contribution >= 0.6 is 0 Å². The van der Waals surface area contributed by atoms with Crippen LogP contribution in [0.15, 0.2) is 22.7 Å². The predicted octanol–water partition coefficient (Wildman–Crippen LogP) is 2.17. The van der Waals surface area contributed by atoms with E-state index >= 15 is 0 Å². The molecule has 0 spiro atoms. The second-order valence-electron chi connectivity index (χ2n) is 3.74. The van der Waals surface area contributed by atoms with Crippen molar-refractivity contribution in [2.75, 3.05) is 13.1 Å². The van der Waals surface area contributed by atoms with E-state index in [-0.39, 0.29) is 5.82 Å². The Hall–Kier alpha value is -1.82. The van der Waals surface area contributed by atoms with Crippen molar-refractivity contribution in [1.29, 1.82) is 0 Å². The Morgan fingerprint density at radius 3 is 2.83 bits per heavy atom. The third kappa shape index (κ3) is 2.89. The standard InChI is InChI=1S/C12H13F2N3O/c1-2-15-6-5-11-16-12(17-18-11)8-3-4-9(13)10(14)7-8/h3-4,7,15H,2,5-6H2,1H3. The first-order valence-corrected chi connectivity index (χ1v) is 5.69. The molecule has 18 heavy (non-hydrogen) atoms. The molecular formula is C12H13F2N3O. The summed E-state index contributed by atoms with van der Waals surface area (Å²) in [6.07, 6.45) is 0.602. The van der Waals surface area contributed by atoms with Crippen LogP contribution in [-0.4, -0.2) is 23.2 Å². The van der Waals surface area contributed by atoms with Crippen molar-refractivity contribution >= 4 is 0 Å². The Morgan fingerprint density at radius 1 is 1.28 bits per heavy atom. The lowest BCUT2D eigenvalue weighted by molar-refractivity contribution is 0.377. The van der Waals surface area contributed by atoms with Gasteiger partial charge in [-0.1, -0.05) is 12.1 Å². The quantitative estimate of drug-likeness (QED) is 0.830. The third-order valence-electron chi connectivity index (χ3n) is 2.41. The van der Waals surface area contributed by atoms with Crippen LogP contribution in [0.1, 0.15) is 12.8 Å². The molecule has 0 aliphatic heterocycles. The van der Waals surface area contributed by atoms with Crippen molar-refractivity contribution in [1.82, 2.24) is 15.5 Å². The molecule has 0 amide bonds. The van der Waals surface area contributed by atoms with Crippen LogP contribution in [0.5, 0.6) is 0 Å². The number of benzene rings is 1. The van der Waals surface area contributed by atoms with Gasteiger partial charge in [0.05, 0.1) is 0 Å². The van der Waals surface area contributed by atoms with Crippen molar-refractivity contribution in [2.24, 2.45) is 0 Å². The first-order chi connectivity index (χ1) is 8.70. The molecule has 1 aromatic carbocycles. The normalized spacial score (nSPS) is 10.8. The van der Waals surface area contributed by atoms with E-state index in [0.717, 1.165) is 25.2 Å². The predicted molar refractivity (Wildman–Crippen MR) is 61.9 cm³/mol. The van der Waals surface area contributed by atoms with Gasteiger partial charge in [-0.05, 0) is 24.7 Å². The number of nitrogens with one attached hydrogen (secondary N) is 1. The van der Waals surface area contributed by atoms with Gasteiger partial charge in [0.1, 0.15) is 0 Å². The maximum atomic E-state index is 13.0. The molecule has 0 aliphatic carbocycles. The molecule has 0 unspecified atom stereocenters. The Kier molecular flexibility index (Phi) is 3.99. The Morgan fingerprint density at radius 2 is 2.11 bits per heavy atom. The summed E-state index contributed by atoms with van der Waals surface area (Å²) < 4.78 is 30.8. The summed E-state index contributed by atoms with van der Waals surface area (Å²) >= 11 is 0. The van der Waals surface area contributed by atoms with Gasteiger partial charge in [0, 0.05) is 18.5 Å². The largest absolute Gasteiger partial charge is 0.339 e. The number of rotatable bonds is 5. The van der Waals surface area contributed by atoms with Crippen LogP contribution in [0.4, 0.5) is 8.78 Å². The van der Waals surface area contributed by atoms with E-state index in [4.69, 9.17) is 4.52 Å². The number of nitrogens with zero attached hydrogens (tertiary/aromatic N) is 2. The van der Waals surface area contributed by atoms with Crippen LogP contribution in [-0.2, 0) is 6.42 Å². The molecule has 0 atom stereocenters. The second kappa shape index (κ2) is 5.68. The van der Waals surface area contributed by atoms with E-state index in [1.165, 1.54) is 6.07 Å². The molecule has 1 N–H and O–H groups in total. The molecule has 2 aromatic rings. The zero-order chi connectivity index (χ0) is 13.0. The van der Waals surface area contributed by atoms with Crippen LogP contribution in [0, 0.1) is 11.6 Å². The number of hydrogen-bond donors (Lipinski definition) is 1. The molecule has 2 rings (SSSR count). The lowest BCUT2D eigenvalue weighted by atomic mass is 10.2. The van der Waals surface area contributed by atoms with Crippen LogP contribution in [0.2, 0.25) is 0 Å². The molecule has 0 aliphatic rings. The van der Waals surface area contributed by atoms with Gasteiger partial charge in [-0.25, -0.2) is 8.78 Å². The molecule has 6 heteroatoms. The molecule has 4 nitrogen and oxygen atoms in total. The summed E-state index contributed by atoms with van der Waals surface area (Å²) in [6.45, 7) is 3.60. The fraction of sp³-hybridized carbons (Fsp3) is 0.333. The molecule has 0 bridgehead atoms. The summed E-state index contributed by atoms with van der Waals surface area (Å²) in [5, 5.41) is 6.86. The highest BCUT2D eigenvalue weighted by atomic mass is 19.2. The van der Waals surface area contributed by atoms with Crippen molar-refractivity contribution in [3.8, 4) is 11.4 Å². The number of hydrogen-bond acceptors (Lipinski definition) is 4. The average molecular weight is 253 g/mol. The Labute approximate surface area is 103 Å². The zero-order valence-corrected chi connectivity index (χ0v) is 9.91. The molecule has 0 saturated heterocycles. The minimum Gasteiger partial charge on any atom is -0.339 e. The fourth-order valence-electron chi connectivity index (χ4n) is 1.48. The van der Waals surface area contributed by atoms with E-state index in [0.29, 0.717) is 17.9 Å². The monoisotopic (exact) mass is 253 g/mol. The van der Waals surface area contributed by atoms with Crippen molar-refractivity contribution in [3.05, 3.63) is 35.7 Å². The van der Waals surface area contributed by atoms with Crippen LogP contribution in [0.25, 0.3) is 11.4 Å². The number of aromatic nitrogens is 2. The van der Waals surface area contributed by atoms with Crippen molar-refractivity contribution < 1.29 is 13.3 Å². The zero-order valence-electron chi connectivity index (χ0n) is 9.91. The topological polar surface area (TPSA) is 51.0 Å². The molecule has 96 valence electrons. The number of halogens is 2. The molecule has 0 saturated carbocycles. The summed E-state index contributed by atoms with van der Waals surface area (Å²) in [5.41, 5.74) is 0.396. The summed E-state index contributed by atoms with van der Waals surface area (Å²) in [7, 11) is 0. The summed E-state index contributed by atoms with van der Waals surface area (Å²) in [4.78, 5) is 4.12. The van der Waals surface area contributed by atoms with Gasteiger partial charge in [-0.15, -0.1) is 0 Å². The lowest BCUT2D eigenvalue weighted by Gasteiger charge is -1.96. The molecular weight excluding hydrogens is 240 g/mol. The van der Waals surface area contributed by atoms with Crippen molar-refractivity contribution in [2.45, 2.75) is 13.3 Å². The molecule has 1 heterocycles. The summed E-state index contributed by atoms with van der Waals surface area (Å²) in [5.74, 6) is -1.09. The van der Waals surface area contributed by atoms with Gasteiger partial charge >= 0.3 is 0 Å². The lowest BCUT2D eigenvalue weighted by Crippen LogP contribution is -2.16. The highest BCUT2D eigenvalue weighted by Gasteiger charge is 2.10. The first kappa shape index (κ1) is 12.6. The maximum absolute atomic E-state index is 13.0. The number of likely N-dealkylation sites (N-methyl/N-ethyl adjacent to an activating group) is 1. The van der Waals surface area contributed by atoms with Crippen LogP contribution in [0.3, 0.4) is 0 Å². The van der Waals surface area contributed by atoms with E-state index in [1.807, 2.05) is 6.92 Å². The Balaban J connectivity index is 2.11. The molecule has 0 fully saturated rings. The van der Waals surface area contributed by atoms with Gasteiger partial charge in [0.2, 0.25) is 11.7 Å². The Bertz CT molecular complexity index is 528. The first-order valence-electron chi connectivity index (χ1n) is 5.69. The van der Waals surface area contributed by atoms with E-state index in [1.54, 1.807) is 0 Å². The molecule has 0 radical (unpaired) electrons. The van der Waals surface area contributed by atoms with Crippen molar-refractivity contribution in [3.63, 3.8) is 0 Å². The highest BCUT2D eigenvalue weighted by molar-refractivity contribution is 5.54. The van der Waals surface area contributed by atoms with Gasteiger partial charge < -0.3 is 9.84 Å². The fourth-order valence-corrected chi connectivity index (χ4v) is 1.48. The highest BCUT2D eigenvalue weighted by Crippen LogP contribution is 2.18. The molecule has 1 aromatic heterocycles. The summed E-state index contributed by atoms with van der Waals surface area (Å²) in [6, 6.07) is 3.50. The minimum absolute atomic E-state index is 0.264. The smallest absolute Gasteiger partial charge is 0.228 e. The second-order valence-corrected chi connectivity index (χ2v) is 3.74. The van der Waals surface area contributed by atoms with E-state index < -0.39 is 11.6 Å². The van der Waals surface area contributed by atoms with Gasteiger partial charge in [0.15, 0.2) is 11.6 Å². The third-order valence-corrected chi connectivity index (χ3v) is 2.41.